The summed E-state index contributed by atoms with van der Waals surface area (Å²) in [6.45, 7) is 9.23. The predicted octanol–water partition coefficient (Wildman–Crippen LogP) is 13.3. The topological polar surface area (TPSA) is 42.8 Å². The van der Waals surface area contributed by atoms with E-state index < -0.39 is 0 Å². The normalized spacial score (nSPS) is 16.3. The van der Waals surface area contributed by atoms with Crippen LogP contribution in [0.2, 0.25) is 0 Å². The van der Waals surface area contributed by atoms with Gasteiger partial charge in [0.1, 0.15) is 11.2 Å². The van der Waals surface area contributed by atoms with Crippen LogP contribution in [0.25, 0.3) is 66.3 Å². The Balaban J connectivity index is 1.16. The van der Waals surface area contributed by atoms with Crippen LogP contribution in [-0.2, 0) is 5.41 Å². The van der Waals surface area contributed by atoms with Crippen molar-refractivity contribution in [2.24, 2.45) is 15.9 Å². The summed E-state index contributed by atoms with van der Waals surface area (Å²) in [6, 6.07) is 56.3. The monoisotopic (exact) mass is 721 g/mol. The second kappa shape index (κ2) is 12.1. The van der Waals surface area contributed by atoms with Gasteiger partial charge in [-0.2, -0.15) is 0 Å². The quantitative estimate of drug-likeness (QED) is 0.178. The maximum atomic E-state index is 6.36. The lowest BCUT2D eigenvalue weighted by atomic mass is 9.81. The Morgan fingerprint density at radius 3 is 2.16 bits per heavy atom. The van der Waals surface area contributed by atoms with Crippen molar-refractivity contribution in [2.75, 3.05) is 0 Å². The molecule has 0 saturated carbocycles. The van der Waals surface area contributed by atoms with Gasteiger partial charge in [0.15, 0.2) is 5.84 Å². The maximum absolute atomic E-state index is 6.36. The fraction of sp³-hybridized carbons (Fsp3) is 0.115. The third kappa shape index (κ3) is 4.65. The van der Waals surface area contributed by atoms with Gasteiger partial charge in [0.05, 0.1) is 22.4 Å². The van der Waals surface area contributed by atoms with Crippen molar-refractivity contribution in [3.63, 3.8) is 0 Å². The molecule has 1 atom stereocenters. The molecular weight excluding hydrogens is 683 g/mol. The van der Waals surface area contributed by atoms with Crippen molar-refractivity contribution in [1.82, 2.24) is 4.57 Å². The largest absolute Gasteiger partial charge is 0.456 e. The van der Waals surface area contributed by atoms with Crippen LogP contribution in [0.5, 0.6) is 0 Å². The van der Waals surface area contributed by atoms with Gasteiger partial charge in [-0.15, -0.1) is 0 Å². The van der Waals surface area contributed by atoms with Crippen molar-refractivity contribution in [2.45, 2.75) is 33.1 Å². The molecule has 268 valence electrons. The number of hydrogen-bond acceptors (Lipinski definition) is 3. The van der Waals surface area contributed by atoms with Crippen LogP contribution in [0.4, 0.5) is 0 Å². The van der Waals surface area contributed by atoms with E-state index in [1.54, 1.807) is 0 Å². The third-order valence-electron chi connectivity index (χ3n) is 12.3. The van der Waals surface area contributed by atoms with E-state index in [1.807, 2.05) is 24.3 Å². The minimum absolute atomic E-state index is 0.0159. The number of benzene rings is 7. The number of aromatic nitrogens is 1. The molecule has 3 heterocycles. The molecule has 2 aromatic heterocycles. The molecule has 0 bridgehead atoms. The molecule has 0 spiro atoms. The number of para-hydroxylation sites is 2. The molecule has 1 unspecified atom stereocenters. The summed E-state index contributed by atoms with van der Waals surface area (Å²) >= 11 is 0. The molecule has 56 heavy (non-hydrogen) atoms. The van der Waals surface area contributed by atoms with E-state index in [0.717, 1.165) is 55.7 Å². The number of fused-ring (bicyclic) bond motifs is 10. The molecule has 0 N–H and O–H groups in total. The number of nitrogens with zero attached hydrogens (tertiary/aromatic N) is 3. The Bertz CT molecular complexity index is 3190. The zero-order valence-corrected chi connectivity index (χ0v) is 31.8. The summed E-state index contributed by atoms with van der Waals surface area (Å²) in [4.78, 5) is 11.0. The first kappa shape index (κ1) is 32.6. The van der Waals surface area contributed by atoms with Crippen LogP contribution in [0, 0.1) is 5.92 Å². The molecule has 0 radical (unpaired) electrons. The molecule has 11 rings (SSSR count). The van der Waals surface area contributed by atoms with Gasteiger partial charge in [0.25, 0.3) is 0 Å². The van der Waals surface area contributed by atoms with Crippen LogP contribution in [0.15, 0.2) is 178 Å². The molecule has 9 aromatic rings. The van der Waals surface area contributed by atoms with E-state index in [1.165, 1.54) is 49.6 Å². The van der Waals surface area contributed by atoms with Crippen LogP contribution in [-0.4, -0.2) is 16.1 Å². The fourth-order valence-corrected chi connectivity index (χ4v) is 9.51. The standard InChI is InChI=1S/C52H39N3O/c1-31-32(2)49(54-51(53-48(31)33-16-6-5-7-17-33)41-23-15-27-45-46(41)40-22-10-13-26-44(40)56-45)34-18-14-19-35(30-34)55-43-25-12-9-21-37(43)39-29-28-38-36-20-8-11-24-42(36)52(3,4)47(38)50(39)55/h5-30,32H,1-4H3. The second-order valence-electron chi connectivity index (χ2n) is 15.8. The average Bonchev–Trinajstić information content (AvgIpc) is 3.83. The van der Waals surface area contributed by atoms with E-state index in [-0.39, 0.29) is 11.3 Å². The molecule has 2 aliphatic rings. The van der Waals surface area contributed by atoms with Crippen molar-refractivity contribution in [1.29, 1.82) is 0 Å². The highest BCUT2D eigenvalue weighted by Gasteiger charge is 2.38. The number of furan rings is 1. The Morgan fingerprint density at radius 2 is 1.29 bits per heavy atom. The first-order valence-electron chi connectivity index (χ1n) is 19.5. The van der Waals surface area contributed by atoms with Gasteiger partial charge < -0.3 is 8.98 Å². The molecule has 4 heteroatoms. The SMILES string of the molecule is CC1=C(c2ccccc2)N=C(c2cccc3oc4ccccc4c23)N=C(c2cccc(-n3c4ccccc4c4ccc5c(c43)C(C)(C)c3ccccc3-5)c2)C1C. The van der Waals surface area contributed by atoms with Crippen LogP contribution < -0.4 is 0 Å². The molecule has 0 saturated heterocycles. The van der Waals surface area contributed by atoms with Crippen molar-refractivity contribution in [3.8, 4) is 16.8 Å². The van der Waals surface area contributed by atoms with Gasteiger partial charge in [-0.3, -0.25) is 0 Å². The molecule has 0 fully saturated rings. The molecule has 7 aromatic carbocycles. The Hall–Kier alpha value is -6.78. The van der Waals surface area contributed by atoms with Gasteiger partial charge in [0.2, 0.25) is 0 Å². The molecule has 0 amide bonds. The van der Waals surface area contributed by atoms with E-state index in [2.05, 4.69) is 166 Å². The highest BCUT2D eigenvalue weighted by atomic mass is 16.3. The van der Waals surface area contributed by atoms with Gasteiger partial charge in [0, 0.05) is 49.7 Å². The number of allylic oxidation sites excluding steroid dienone is 1. The Morgan fingerprint density at radius 1 is 0.589 bits per heavy atom. The van der Waals surface area contributed by atoms with E-state index in [9.17, 15) is 0 Å². The smallest absolute Gasteiger partial charge is 0.160 e. The molecule has 1 aliphatic carbocycles. The predicted molar refractivity (Wildman–Crippen MR) is 233 cm³/mol. The lowest BCUT2D eigenvalue weighted by Crippen LogP contribution is -2.17. The lowest BCUT2D eigenvalue weighted by molar-refractivity contribution is 0.664. The Kier molecular flexibility index (Phi) is 7.06. The van der Waals surface area contributed by atoms with E-state index in [0.29, 0.717) is 5.84 Å². The van der Waals surface area contributed by atoms with E-state index in [4.69, 9.17) is 14.4 Å². The van der Waals surface area contributed by atoms with Crippen molar-refractivity contribution < 1.29 is 4.42 Å². The molecule has 4 nitrogen and oxygen atoms in total. The third-order valence-corrected chi connectivity index (χ3v) is 12.3. The summed E-state index contributed by atoms with van der Waals surface area (Å²) in [5.41, 5.74) is 16.7. The maximum Gasteiger partial charge on any atom is 0.160 e. The van der Waals surface area contributed by atoms with Crippen LogP contribution in [0.3, 0.4) is 0 Å². The van der Waals surface area contributed by atoms with Crippen LogP contribution in [0.1, 0.15) is 55.5 Å². The molecule has 1 aliphatic heterocycles. The van der Waals surface area contributed by atoms with Crippen LogP contribution >= 0.6 is 0 Å². The second-order valence-corrected chi connectivity index (χ2v) is 15.8. The summed E-state index contributed by atoms with van der Waals surface area (Å²) in [5.74, 6) is 0.664. The minimum Gasteiger partial charge on any atom is -0.456 e. The van der Waals surface area contributed by atoms with Gasteiger partial charge >= 0.3 is 0 Å². The zero-order valence-electron chi connectivity index (χ0n) is 31.8. The first-order valence-corrected chi connectivity index (χ1v) is 19.5. The summed E-state index contributed by atoms with van der Waals surface area (Å²) in [5, 5.41) is 4.61. The highest BCUT2D eigenvalue weighted by molar-refractivity contribution is 6.23. The number of amidine groups is 1. The van der Waals surface area contributed by atoms with Crippen molar-refractivity contribution >= 4 is 61.0 Å². The summed E-state index contributed by atoms with van der Waals surface area (Å²) < 4.78 is 8.85. The van der Waals surface area contributed by atoms with Gasteiger partial charge in [-0.1, -0.05) is 148 Å². The van der Waals surface area contributed by atoms with Gasteiger partial charge in [-0.05, 0) is 70.6 Å². The summed E-state index contributed by atoms with van der Waals surface area (Å²) in [7, 11) is 0. The number of rotatable bonds is 4. The van der Waals surface area contributed by atoms with Crippen molar-refractivity contribution in [3.05, 3.63) is 191 Å². The zero-order chi connectivity index (χ0) is 37.7. The fourth-order valence-electron chi connectivity index (χ4n) is 9.51. The molecular formula is C52H39N3O. The number of hydrogen-bond donors (Lipinski definition) is 0. The minimum atomic E-state index is -0.172. The Labute approximate surface area is 325 Å². The highest BCUT2D eigenvalue weighted by Crippen LogP contribution is 2.53. The van der Waals surface area contributed by atoms with E-state index >= 15 is 0 Å². The number of aliphatic imine (C=N–C) groups is 2. The lowest BCUT2D eigenvalue weighted by Gasteiger charge is -2.24. The average molecular weight is 722 g/mol. The summed E-state index contributed by atoms with van der Waals surface area (Å²) in [6.07, 6.45) is 0. The van der Waals surface area contributed by atoms with Gasteiger partial charge in [-0.25, -0.2) is 9.98 Å². The first-order chi connectivity index (χ1) is 27.4.